The zero-order chi connectivity index (χ0) is 14.5. The number of ether oxygens (including phenoxy) is 2. The van der Waals surface area contributed by atoms with Crippen LogP contribution in [-0.2, 0) is 4.74 Å². The minimum absolute atomic E-state index is 0.168. The Bertz CT molecular complexity index is 462. The summed E-state index contributed by atoms with van der Waals surface area (Å²) in [5.41, 5.74) is 0.379. The van der Waals surface area contributed by atoms with Gasteiger partial charge in [0.2, 0.25) is 0 Å². The van der Waals surface area contributed by atoms with Crippen molar-refractivity contribution in [3.63, 3.8) is 0 Å². The number of hydrogen-bond donors (Lipinski definition) is 1. The number of nitrogens with zero attached hydrogens (tertiary/aromatic N) is 1. The van der Waals surface area contributed by atoms with E-state index in [1.807, 2.05) is 0 Å². The number of carbonyl (C=O) groups excluding carboxylic acids is 1. The molecule has 0 saturated carbocycles. The van der Waals surface area contributed by atoms with E-state index in [0.717, 1.165) is 13.0 Å². The van der Waals surface area contributed by atoms with Gasteiger partial charge in [0.15, 0.2) is 0 Å². The van der Waals surface area contributed by atoms with Gasteiger partial charge in [-0.25, -0.2) is 0 Å². The molecule has 0 radical (unpaired) electrons. The van der Waals surface area contributed by atoms with Crippen LogP contribution in [0.5, 0.6) is 5.75 Å². The van der Waals surface area contributed by atoms with Crippen LogP contribution in [0.25, 0.3) is 0 Å². The molecule has 1 saturated heterocycles. The topological polar surface area (TPSA) is 60.5 Å². The van der Waals surface area contributed by atoms with Crippen molar-refractivity contribution >= 4 is 5.91 Å². The molecule has 1 aromatic heterocycles. The van der Waals surface area contributed by atoms with Crippen LogP contribution >= 0.6 is 0 Å². The molecular weight excluding hydrogens is 256 g/mol. The van der Waals surface area contributed by atoms with Gasteiger partial charge in [-0.15, -0.1) is 0 Å². The van der Waals surface area contributed by atoms with Gasteiger partial charge in [0, 0.05) is 31.3 Å². The molecule has 1 amide bonds. The first-order valence-corrected chi connectivity index (χ1v) is 7.01. The van der Waals surface area contributed by atoms with E-state index >= 15 is 0 Å². The monoisotopic (exact) mass is 278 g/mol. The minimum Gasteiger partial charge on any atom is -0.497 e. The molecule has 2 rings (SSSR count). The molecule has 110 valence electrons. The van der Waals surface area contributed by atoms with E-state index in [0.29, 0.717) is 29.8 Å². The Hall–Kier alpha value is -1.62. The van der Waals surface area contributed by atoms with Gasteiger partial charge in [0.05, 0.1) is 13.2 Å². The first-order chi connectivity index (χ1) is 9.61. The molecule has 5 nitrogen and oxygen atoms in total. The van der Waals surface area contributed by atoms with Crippen molar-refractivity contribution in [2.75, 3.05) is 20.3 Å². The smallest absolute Gasteiger partial charge is 0.270 e. The van der Waals surface area contributed by atoms with E-state index in [2.05, 4.69) is 24.1 Å². The zero-order valence-corrected chi connectivity index (χ0v) is 12.3. The average molecular weight is 278 g/mol. The summed E-state index contributed by atoms with van der Waals surface area (Å²) in [6, 6.07) is 3.36. The average Bonchev–Trinajstić information content (AvgIpc) is 2.93. The third-order valence-electron chi connectivity index (χ3n) is 3.65. The molecule has 2 heterocycles. The Morgan fingerprint density at radius 3 is 3.10 bits per heavy atom. The molecule has 0 bridgehead atoms. The van der Waals surface area contributed by atoms with Gasteiger partial charge in [-0.2, -0.15) is 0 Å². The summed E-state index contributed by atoms with van der Waals surface area (Å²) in [7, 11) is 1.57. The number of methoxy groups -OCH3 is 1. The SMILES string of the molecule is COc1ccnc(C(=O)NC[C@H]2CCO[C@@H]2C(C)C)c1. The summed E-state index contributed by atoms with van der Waals surface area (Å²) < 4.78 is 10.8. The number of pyridine rings is 1. The molecule has 1 aliphatic heterocycles. The molecule has 0 spiro atoms. The van der Waals surface area contributed by atoms with Crippen LogP contribution in [0, 0.1) is 11.8 Å². The molecule has 1 fully saturated rings. The number of carbonyl (C=O) groups is 1. The van der Waals surface area contributed by atoms with Gasteiger partial charge in [0.1, 0.15) is 11.4 Å². The lowest BCUT2D eigenvalue weighted by Gasteiger charge is -2.22. The summed E-state index contributed by atoms with van der Waals surface area (Å²) in [4.78, 5) is 16.1. The lowest BCUT2D eigenvalue weighted by molar-refractivity contribution is 0.0533. The molecule has 0 aromatic carbocycles. The number of amides is 1. The van der Waals surface area contributed by atoms with Crippen LogP contribution in [0.4, 0.5) is 0 Å². The molecule has 5 heteroatoms. The second-order valence-electron chi connectivity index (χ2n) is 5.42. The molecule has 1 N–H and O–H groups in total. The highest BCUT2D eigenvalue weighted by Gasteiger charge is 2.30. The van der Waals surface area contributed by atoms with Gasteiger partial charge in [-0.3, -0.25) is 9.78 Å². The highest BCUT2D eigenvalue weighted by molar-refractivity contribution is 5.92. The van der Waals surface area contributed by atoms with Crippen LogP contribution in [0.15, 0.2) is 18.3 Å². The Morgan fingerprint density at radius 1 is 1.60 bits per heavy atom. The van der Waals surface area contributed by atoms with Gasteiger partial charge in [-0.1, -0.05) is 13.8 Å². The van der Waals surface area contributed by atoms with Crippen molar-refractivity contribution in [3.8, 4) is 5.75 Å². The Balaban J connectivity index is 1.91. The second-order valence-corrected chi connectivity index (χ2v) is 5.42. The van der Waals surface area contributed by atoms with Gasteiger partial charge in [0.25, 0.3) is 5.91 Å². The van der Waals surface area contributed by atoms with E-state index in [1.165, 1.54) is 0 Å². The van der Waals surface area contributed by atoms with Crippen LogP contribution in [-0.4, -0.2) is 37.3 Å². The third-order valence-corrected chi connectivity index (χ3v) is 3.65. The largest absolute Gasteiger partial charge is 0.497 e. The van der Waals surface area contributed by atoms with Crippen LogP contribution < -0.4 is 10.1 Å². The molecule has 1 aromatic rings. The molecular formula is C15H22N2O3. The zero-order valence-electron chi connectivity index (χ0n) is 12.3. The Kier molecular flexibility index (Phi) is 4.95. The molecule has 20 heavy (non-hydrogen) atoms. The van der Waals surface area contributed by atoms with Crippen molar-refractivity contribution in [1.82, 2.24) is 10.3 Å². The van der Waals surface area contributed by atoms with E-state index in [1.54, 1.807) is 25.4 Å². The number of aromatic nitrogens is 1. The fourth-order valence-electron chi connectivity index (χ4n) is 2.59. The number of hydrogen-bond acceptors (Lipinski definition) is 4. The van der Waals surface area contributed by atoms with Crippen LogP contribution in [0.2, 0.25) is 0 Å². The lowest BCUT2D eigenvalue weighted by Crippen LogP contribution is -2.35. The fourth-order valence-corrected chi connectivity index (χ4v) is 2.59. The van der Waals surface area contributed by atoms with E-state index < -0.39 is 0 Å². The maximum absolute atomic E-state index is 12.1. The quantitative estimate of drug-likeness (QED) is 0.893. The van der Waals surface area contributed by atoms with Crippen molar-refractivity contribution in [1.29, 1.82) is 0 Å². The Morgan fingerprint density at radius 2 is 2.40 bits per heavy atom. The maximum atomic E-state index is 12.1. The molecule has 0 aliphatic carbocycles. The standard InChI is InChI=1S/C15H22N2O3/c1-10(2)14-11(5-7-20-14)9-17-15(18)13-8-12(19-3)4-6-16-13/h4,6,8,10-11,14H,5,7,9H2,1-3H3,(H,17,18)/t11-,14-/m1/s1. The van der Waals surface area contributed by atoms with Gasteiger partial charge >= 0.3 is 0 Å². The summed E-state index contributed by atoms with van der Waals surface area (Å²) in [6.07, 6.45) is 2.80. The summed E-state index contributed by atoms with van der Waals surface area (Å²) in [5.74, 6) is 1.31. The first-order valence-electron chi connectivity index (χ1n) is 7.01. The first kappa shape index (κ1) is 14.8. The van der Waals surface area contributed by atoms with Gasteiger partial charge < -0.3 is 14.8 Å². The molecule has 1 aliphatic rings. The summed E-state index contributed by atoms with van der Waals surface area (Å²) in [5, 5.41) is 2.94. The third kappa shape index (κ3) is 3.48. The minimum atomic E-state index is -0.168. The van der Waals surface area contributed by atoms with E-state index in [9.17, 15) is 4.79 Å². The van der Waals surface area contributed by atoms with E-state index in [-0.39, 0.29) is 12.0 Å². The highest BCUT2D eigenvalue weighted by Crippen LogP contribution is 2.26. The maximum Gasteiger partial charge on any atom is 0.270 e. The second kappa shape index (κ2) is 6.70. The molecule has 2 atom stereocenters. The van der Waals surface area contributed by atoms with Crippen molar-refractivity contribution in [3.05, 3.63) is 24.0 Å². The predicted molar refractivity (Wildman–Crippen MR) is 75.8 cm³/mol. The summed E-state index contributed by atoms with van der Waals surface area (Å²) in [6.45, 7) is 5.70. The molecule has 0 unspecified atom stereocenters. The lowest BCUT2D eigenvalue weighted by atomic mass is 9.93. The van der Waals surface area contributed by atoms with Crippen LogP contribution in [0.3, 0.4) is 0 Å². The fraction of sp³-hybridized carbons (Fsp3) is 0.600. The van der Waals surface area contributed by atoms with Crippen molar-refractivity contribution in [2.24, 2.45) is 11.8 Å². The normalized spacial score (nSPS) is 22.0. The number of rotatable bonds is 5. The predicted octanol–water partition coefficient (Wildman–Crippen LogP) is 1.88. The van der Waals surface area contributed by atoms with E-state index in [4.69, 9.17) is 9.47 Å². The van der Waals surface area contributed by atoms with Crippen LogP contribution in [0.1, 0.15) is 30.8 Å². The van der Waals surface area contributed by atoms with Crippen molar-refractivity contribution in [2.45, 2.75) is 26.4 Å². The van der Waals surface area contributed by atoms with Crippen molar-refractivity contribution < 1.29 is 14.3 Å². The highest BCUT2D eigenvalue weighted by atomic mass is 16.5. The summed E-state index contributed by atoms with van der Waals surface area (Å²) >= 11 is 0. The Labute approximate surface area is 119 Å². The van der Waals surface area contributed by atoms with Gasteiger partial charge in [-0.05, 0) is 18.4 Å². The number of nitrogens with one attached hydrogen (secondary N) is 1.